The normalized spacial score (nSPS) is 12.3. The summed E-state index contributed by atoms with van der Waals surface area (Å²) in [5.74, 6) is 0.196. The Morgan fingerprint density at radius 1 is 1.17 bits per heavy atom. The molecule has 2 aromatic carbocycles. The number of hydrogen-bond donors (Lipinski definition) is 3. The highest BCUT2D eigenvalue weighted by atomic mass is 79.9. The monoisotopic (exact) mass is 307 g/mol. The van der Waals surface area contributed by atoms with Crippen LogP contribution in [0.4, 0.5) is 5.69 Å². The van der Waals surface area contributed by atoms with Crippen molar-refractivity contribution in [3.63, 3.8) is 0 Å². The predicted molar refractivity (Wildman–Crippen MR) is 75.3 cm³/mol. The Morgan fingerprint density at radius 3 is 2.67 bits per heavy atom. The first-order valence-corrected chi connectivity index (χ1v) is 6.36. The van der Waals surface area contributed by atoms with Crippen LogP contribution in [-0.2, 0) is 6.42 Å². The van der Waals surface area contributed by atoms with Crippen LogP contribution in [0.1, 0.15) is 17.2 Å². The van der Waals surface area contributed by atoms with E-state index in [1.807, 2.05) is 18.2 Å². The highest BCUT2D eigenvalue weighted by Gasteiger charge is 2.12. The van der Waals surface area contributed by atoms with Crippen molar-refractivity contribution >= 4 is 21.6 Å². The lowest BCUT2D eigenvalue weighted by Gasteiger charge is -2.14. The van der Waals surface area contributed by atoms with Crippen LogP contribution in [0.3, 0.4) is 0 Å². The molecule has 0 aliphatic rings. The van der Waals surface area contributed by atoms with Gasteiger partial charge in [0.25, 0.3) is 0 Å². The van der Waals surface area contributed by atoms with Gasteiger partial charge in [-0.3, -0.25) is 0 Å². The van der Waals surface area contributed by atoms with E-state index < -0.39 is 6.10 Å². The van der Waals surface area contributed by atoms with E-state index in [9.17, 15) is 10.2 Å². The fourth-order valence-corrected chi connectivity index (χ4v) is 2.23. The molecule has 0 radical (unpaired) electrons. The van der Waals surface area contributed by atoms with Gasteiger partial charge in [-0.2, -0.15) is 0 Å². The van der Waals surface area contributed by atoms with E-state index in [1.54, 1.807) is 24.3 Å². The number of nitrogen functional groups attached to an aromatic ring is 1. The van der Waals surface area contributed by atoms with Crippen LogP contribution in [0.15, 0.2) is 46.9 Å². The predicted octanol–water partition coefficient (Wildman–Crippen LogP) is 3.01. The third kappa shape index (κ3) is 3.03. The molecule has 0 heterocycles. The number of rotatable bonds is 3. The van der Waals surface area contributed by atoms with Gasteiger partial charge < -0.3 is 15.9 Å². The lowest BCUT2D eigenvalue weighted by Crippen LogP contribution is -2.05. The van der Waals surface area contributed by atoms with Crippen molar-refractivity contribution in [3.05, 3.63) is 58.1 Å². The van der Waals surface area contributed by atoms with Gasteiger partial charge in [0.15, 0.2) is 0 Å². The summed E-state index contributed by atoms with van der Waals surface area (Å²) in [6.07, 6.45) is -0.279. The molecule has 0 aliphatic carbocycles. The molecule has 2 rings (SSSR count). The molecule has 4 N–H and O–H groups in total. The molecule has 0 bridgehead atoms. The van der Waals surface area contributed by atoms with Crippen molar-refractivity contribution in [2.75, 3.05) is 5.73 Å². The zero-order valence-electron chi connectivity index (χ0n) is 9.68. The van der Waals surface area contributed by atoms with Crippen LogP contribution >= 0.6 is 15.9 Å². The minimum absolute atomic E-state index is 0.196. The highest BCUT2D eigenvalue weighted by molar-refractivity contribution is 9.10. The summed E-state index contributed by atoms with van der Waals surface area (Å²) in [7, 11) is 0. The van der Waals surface area contributed by atoms with Crippen LogP contribution < -0.4 is 5.73 Å². The zero-order valence-corrected chi connectivity index (χ0v) is 11.3. The summed E-state index contributed by atoms with van der Waals surface area (Å²) in [4.78, 5) is 0. The van der Waals surface area contributed by atoms with Crippen LogP contribution in [0, 0.1) is 0 Å². The summed E-state index contributed by atoms with van der Waals surface area (Å²) in [6.45, 7) is 0. The number of aliphatic hydroxyl groups is 1. The van der Waals surface area contributed by atoms with Crippen LogP contribution in [0.5, 0.6) is 5.75 Å². The summed E-state index contributed by atoms with van der Waals surface area (Å²) in [5.41, 5.74) is 7.96. The van der Waals surface area contributed by atoms with Gasteiger partial charge >= 0.3 is 0 Å². The van der Waals surface area contributed by atoms with Crippen LogP contribution in [-0.4, -0.2) is 10.2 Å². The Kier molecular flexibility index (Phi) is 3.89. The average Bonchev–Trinajstić information content (AvgIpc) is 2.32. The van der Waals surface area contributed by atoms with E-state index in [0.29, 0.717) is 17.7 Å². The third-order valence-corrected chi connectivity index (χ3v) is 3.24. The number of hydrogen-bond acceptors (Lipinski definition) is 3. The van der Waals surface area contributed by atoms with Gasteiger partial charge in [0, 0.05) is 22.1 Å². The zero-order chi connectivity index (χ0) is 13.1. The van der Waals surface area contributed by atoms with Gasteiger partial charge in [0.1, 0.15) is 5.75 Å². The lowest BCUT2D eigenvalue weighted by molar-refractivity contribution is 0.179. The summed E-state index contributed by atoms with van der Waals surface area (Å²) in [5, 5.41) is 19.6. The molecule has 2 aromatic rings. The first-order chi connectivity index (χ1) is 8.56. The Bertz CT molecular complexity index is 557. The highest BCUT2D eigenvalue weighted by Crippen LogP contribution is 2.27. The molecular formula is C14H14BrNO2. The maximum absolute atomic E-state index is 10.2. The second-order valence-electron chi connectivity index (χ2n) is 4.16. The van der Waals surface area contributed by atoms with Gasteiger partial charge in [0.05, 0.1) is 6.10 Å². The lowest BCUT2D eigenvalue weighted by atomic mass is 10.00. The van der Waals surface area contributed by atoms with Crippen molar-refractivity contribution in [2.45, 2.75) is 12.5 Å². The van der Waals surface area contributed by atoms with E-state index >= 15 is 0 Å². The molecule has 0 aliphatic heterocycles. The molecule has 18 heavy (non-hydrogen) atoms. The Balaban J connectivity index is 2.21. The molecule has 94 valence electrons. The number of benzene rings is 2. The number of phenolic OH excluding ortho intramolecular Hbond substituents is 1. The van der Waals surface area contributed by atoms with E-state index in [2.05, 4.69) is 15.9 Å². The molecule has 0 spiro atoms. The molecule has 0 saturated heterocycles. The average molecular weight is 308 g/mol. The van der Waals surface area contributed by atoms with Gasteiger partial charge in [0.2, 0.25) is 0 Å². The second-order valence-corrected chi connectivity index (χ2v) is 5.08. The molecule has 0 amide bonds. The summed E-state index contributed by atoms with van der Waals surface area (Å²) >= 11 is 3.35. The molecule has 0 fully saturated rings. The first kappa shape index (κ1) is 12.9. The van der Waals surface area contributed by atoms with E-state index in [0.717, 1.165) is 10.0 Å². The van der Waals surface area contributed by atoms with Crippen molar-refractivity contribution in [2.24, 2.45) is 0 Å². The largest absolute Gasteiger partial charge is 0.508 e. The van der Waals surface area contributed by atoms with Gasteiger partial charge in [-0.25, -0.2) is 0 Å². The number of anilines is 1. The maximum Gasteiger partial charge on any atom is 0.115 e. The maximum atomic E-state index is 10.2. The van der Waals surface area contributed by atoms with Gasteiger partial charge in [-0.15, -0.1) is 0 Å². The molecule has 3 nitrogen and oxygen atoms in total. The fourth-order valence-electron chi connectivity index (χ4n) is 1.85. The van der Waals surface area contributed by atoms with E-state index in [-0.39, 0.29) is 5.75 Å². The van der Waals surface area contributed by atoms with Gasteiger partial charge in [-0.1, -0.05) is 28.1 Å². The standard InChI is InChI=1S/C14H14BrNO2/c15-10-4-5-13(16)12(8-10)14(18)7-9-2-1-3-11(17)6-9/h1-6,8,14,17-18H,7,16H2. The number of aliphatic hydroxyl groups excluding tert-OH is 1. The number of nitrogens with two attached hydrogens (primary N) is 1. The topological polar surface area (TPSA) is 66.5 Å². The third-order valence-electron chi connectivity index (χ3n) is 2.75. The number of aromatic hydroxyl groups is 1. The second kappa shape index (κ2) is 5.42. The Hall–Kier alpha value is -1.52. The smallest absolute Gasteiger partial charge is 0.115 e. The van der Waals surface area contributed by atoms with Crippen LogP contribution in [0.25, 0.3) is 0 Å². The minimum Gasteiger partial charge on any atom is -0.508 e. The Labute approximate surface area is 114 Å². The number of halogens is 1. The summed E-state index contributed by atoms with van der Waals surface area (Å²) < 4.78 is 0.877. The molecule has 0 aromatic heterocycles. The Morgan fingerprint density at radius 2 is 1.94 bits per heavy atom. The summed E-state index contributed by atoms with van der Waals surface area (Å²) in [6, 6.07) is 12.2. The van der Waals surface area contributed by atoms with Crippen molar-refractivity contribution < 1.29 is 10.2 Å². The van der Waals surface area contributed by atoms with Crippen molar-refractivity contribution in [1.82, 2.24) is 0 Å². The molecule has 1 atom stereocenters. The fraction of sp³-hybridized carbons (Fsp3) is 0.143. The van der Waals surface area contributed by atoms with Gasteiger partial charge in [-0.05, 0) is 35.9 Å². The molecule has 1 unspecified atom stereocenters. The first-order valence-electron chi connectivity index (χ1n) is 5.57. The van der Waals surface area contributed by atoms with Crippen LogP contribution in [0.2, 0.25) is 0 Å². The molecule has 0 saturated carbocycles. The quantitative estimate of drug-likeness (QED) is 0.764. The van der Waals surface area contributed by atoms with E-state index in [1.165, 1.54) is 0 Å². The SMILES string of the molecule is Nc1ccc(Br)cc1C(O)Cc1cccc(O)c1. The molecule has 4 heteroatoms. The van der Waals surface area contributed by atoms with Crippen molar-refractivity contribution in [3.8, 4) is 5.75 Å². The minimum atomic E-state index is -0.690. The van der Waals surface area contributed by atoms with E-state index in [4.69, 9.17) is 5.73 Å². The molecular weight excluding hydrogens is 294 g/mol. The van der Waals surface area contributed by atoms with Crippen molar-refractivity contribution in [1.29, 1.82) is 0 Å². The number of phenols is 1.